The number of thiophene rings is 1. The third kappa shape index (κ3) is 4.97. The summed E-state index contributed by atoms with van der Waals surface area (Å²) in [6.07, 6.45) is 0. The van der Waals surface area contributed by atoms with Crippen LogP contribution in [0.25, 0.3) is 53.6 Å². The molecule has 8 aromatic carbocycles. The molecule has 0 saturated carbocycles. The van der Waals surface area contributed by atoms with Gasteiger partial charge in [0, 0.05) is 42.8 Å². The molecule has 0 bridgehead atoms. The number of hydrogen-bond donors (Lipinski definition) is 0. The summed E-state index contributed by atoms with van der Waals surface area (Å²) in [5, 5.41) is 2.52. The number of para-hydroxylation sites is 1. The van der Waals surface area contributed by atoms with Gasteiger partial charge in [0.25, 0.3) is 0 Å². The second-order valence-corrected chi connectivity index (χ2v) is 18.5. The Balaban J connectivity index is 1.06. The predicted molar refractivity (Wildman–Crippen MR) is 251 cm³/mol. The average molecular weight is 792 g/mol. The van der Waals surface area contributed by atoms with Gasteiger partial charge >= 0.3 is 7.12 Å². The minimum Gasteiger partial charge on any atom is -0.399 e. The van der Waals surface area contributed by atoms with Gasteiger partial charge in [-0.2, -0.15) is 0 Å². The van der Waals surface area contributed by atoms with Gasteiger partial charge in [-0.3, -0.25) is 0 Å². The van der Waals surface area contributed by atoms with E-state index in [9.17, 15) is 0 Å². The fourth-order valence-corrected chi connectivity index (χ4v) is 11.4. The Morgan fingerprint density at radius 2 is 0.967 bits per heavy atom. The summed E-state index contributed by atoms with van der Waals surface area (Å²) in [6, 6.07) is 67.5. The molecular weight excluding hydrogens is 749 g/mol. The van der Waals surface area contributed by atoms with E-state index in [1.54, 1.807) is 0 Å². The number of benzene rings is 8. The first-order valence-electron chi connectivity index (χ1n) is 20.9. The number of rotatable bonds is 5. The molecule has 3 aliphatic rings. The lowest BCUT2D eigenvalue weighted by Gasteiger charge is -2.32. The molecule has 1 aliphatic heterocycles. The van der Waals surface area contributed by atoms with Gasteiger partial charge in [-0.15, -0.1) is 11.3 Å². The molecule has 1 aromatic heterocycles. The number of fused-ring (bicyclic) bond motifs is 13. The third-order valence-corrected chi connectivity index (χ3v) is 14.9. The zero-order chi connectivity index (χ0) is 40.4. The van der Waals surface area contributed by atoms with Crippen LogP contribution in [0.15, 0.2) is 182 Å². The van der Waals surface area contributed by atoms with Gasteiger partial charge in [0.1, 0.15) is 0 Å². The molecule has 0 amide bonds. The molecule has 9 aromatic rings. The highest BCUT2D eigenvalue weighted by Gasteiger charge is 2.53. The summed E-state index contributed by atoms with van der Waals surface area (Å²) < 4.78 is 15.5. The van der Waals surface area contributed by atoms with Gasteiger partial charge in [-0.25, -0.2) is 0 Å². The van der Waals surface area contributed by atoms with Crippen molar-refractivity contribution < 1.29 is 9.31 Å². The second-order valence-electron chi connectivity index (χ2n) is 17.5. The molecule has 1 spiro atoms. The summed E-state index contributed by atoms with van der Waals surface area (Å²) >= 11 is 1.86. The molecular formula is C55H42BNO2S. The largest absolute Gasteiger partial charge is 0.494 e. The van der Waals surface area contributed by atoms with Crippen LogP contribution in [0, 0.1) is 0 Å². The van der Waals surface area contributed by atoms with E-state index in [0.29, 0.717) is 0 Å². The van der Waals surface area contributed by atoms with Crippen LogP contribution < -0.4 is 10.4 Å². The summed E-state index contributed by atoms with van der Waals surface area (Å²) in [5.74, 6) is 0. The van der Waals surface area contributed by atoms with Gasteiger partial charge in [0.2, 0.25) is 0 Å². The van der Waals surface area contributed by atoms with Crippen molar-refractivity contribution in [2.24, 2.45) is 0 Å². The average Bonchev–Trinajstić information content (AvgIpc) is 3.96. The molecule has 0 atom stereocenters. The molecule has 2 aliphatic carbocycles. The van der Waals surface area contributed by atoms with Gasteiger partial charge in [0.15, 0.2) is 0 Å². The van der Waals surface area contributed by atoms with Gasteiger partial charge in [0.05, 0.1) is 16.6 Å². The van der Waals surface area contributed by atoms with Crippen LogP contribution in [0.2, 0.25) is 0 Å². The van der Waals surface area contributed by atoms with E-state index in [-0.39, 0.29) is 5.41 Å². The standard InChI is InChI=1S/C55H42BNO2S/c1-53(2)54(3,4)59-56(58-53)36-28-26-35(27-29-36)44-33-39(34-46-43-21-11-15-25-51(43)60-52(44)46)57(37-16-6-5-7-17-37)38-30-31-50-45(32-38)42-20-10-14-24-49(42)55(50)47-22-12-8-18-40(47)41-19-9-13-23-48(41)55/h5-34H,1-4H3. The van der Waals surface area contributed by atoms with Crippen LogP contribution >= 0.6 is 11.3 Å². The maximum atomic E-state index is 6.45. The molecule has 0 unspecified atom stereocenters. The highest BCUT2D eigenvalue weighted by Crippen LogP contribution is 2.63. The third-order valence-electron chi connectivity index (χ3n) is 13.7. The quantitative estimate of drug-likeness (QED) is 0.162. The van der Waals surface area contributed by atoms with Crippen LogP contribution in [0.1, 0.15) is 49.9 Å². The normalized spacial score (nSPS) is 16.2. The Hall–Kier alpha value is -6.24. The fourth-order valence-electron chi connectivity index (χ4n) is 10.2. The predicted octanol–water partition coefficient (Wildman–Crippen LogP) is 13.8. The molecule has 0 N–H and O–H groups in total. The maximum Gasteiger partial charge on any atom is 0.494 e. The zero-order valence-electron chi connectivity index (χ0n) is 34.1. The maximum absolute atomic E-state index is 6.45. The highest BCUT2D eigenvalue weighted by molar-refractivity contribution is 7.26. The van der Waals surface area contributed by atoms with Crippen LogP contribution in [0.5, 0.6) is 0 Å². The highest BCUT2D eigenvalue weighted by atomic mass is 32.1. The minimum atomic E-state index is -0.413. The smallest absolute Gasteiger partial charge is 0.399 e. The minimum absolute atomic E-state index is 0.386. The Kier molecular flexibility index (Phi) is 7.66. The van der Waals surface area contributed by atoms with E-state index in [1.165, 1.54) is 70.2 Å². The molecule has 5 heteroatoms. The lowest BCUT2D eigenvalue weighted by molar-refractivity contribution is 0.00578. The van der Waals surface area contributed by atoms with Crippen molar-refractivity contribution in [3.05, 3.63) is 204 Å². The van der Waals surface area contributed by atoms with Crippen molar-refractivity contribution in [1.82, 2.24) is 0 Å². The van der Waals surface area contributed by atoms with Crippen molar-refractivity contribution >= 4 is 61.2 Å². The van der Waals surface area contributed by atoms with Gasteiger partial charge < -0.3 is 14.2 Å². The van der Waals surface area contributed by atoms with Crippen LogP contribution in [-0.2, 0) is 14.7 Å². The fraction of sp³-hybridized carbons (Fsp3) is 0.127. The van der Waals surface area contributed by atoms with Crippen LogP contribution in [0.4, 0.5) is 17.1 Å². The first kappa shape index (κ1) is 35.7. The van der Waals surface area contributed by atoms with E-state index in [0.717, 1.165) is 28.1 Å². The van der Waals surface area contributed by atoms with E-state index in [4.69, 9.17) is 9.31 Å². The molecule has 3 nitrogen and oxygen atoms in total. The summed E-state index contributed by atoms with van der Waals surface area (Å²) in [4.78, 5) is 2.44. The number of anilines is 3. The van der Waals surface area contributed by atoms with Crippen molar-refractivity contribution in [1.29, 1.82) is 0 Å². The Labute approximate surface area is 355 Å². The molecule has 2 heterocycles. The van der Waals surface area contributed by atoms with Gasteiger partial charge in [-0.1, -0.05) is 140 Å². The van der Waals surface area contributed by atoms with Gasteiger partial charge in [-0.05, 0) is 126 Å². The van der Waals surface area contributed by atoms with E-state index in [2.05, 4.69) is 215 Å². The SMILES string of the molecule is CC1(C)OB(c2ccc(-c3cc(N(c4ccccc4)c4ccc5c(c4)-c4ccccc4C54c5ccccc5-c5ccccc54)cc4c3sc3ccccc34)cc2)OC1(C)C. The number of nitrogens with zero attached hydrogens (tertiary/aromatic N) is 1. The summed E-state index contributed by atoms with van der Waals surface area (Å²) in [6.45, 7) is 8.42. The monoisotopic (exact) mass is 791 g/mol. The molecule has 12 rings (SSSR count). The lowest BCUT2D eigenvalue weighted by Crippen LogP contribution is -2.41. The Bertz CT molecular complexity index is 3120. The van der Waals surface area contributed by atoms with Crippen LogP contribution in [-0.4, -0.2) is 18.3 Å². The Morgan fingerprint density at radius 1 is 0.433 bits per heavy atom. The van der Waals surface area contributed by atoms with E-state index in [1.807, 2.05) is 11.3 Å². The molecule has 0 radical (unpaired) electrons. The Morgan fingerprint density at radius 3 is 1.62 bits per heavy atom. The van der Waals surface area contributed by atoms with Crippen LogP contribution in [0.3, 0.4) is 0 Å². The molecule has 60 heavy (non-hydrogen) atoms. The second kappa shape index (κ2) is 12.9. The summed E-state index contributed by atoms with van der Waals surface area (Å²) in [5.41, 5.74) is 16.1. The van der Waals surface area contributed by atoms with E-state index >= 15 is 0 Å². The molecule has 288 valence electrons. The molecule has 1 saturated heterocycles. The lowest BCUT2D eigenvalue weighted by atomic mass is 9.70. The topological polar surface area (TPSA) is 21.7 Å². The number of hydrogen-bond acceptors (Lipinski definition) is 4. The van der Waals surface area contributed by atoms with E-state index < -0.39 is 18.3 Å². The van der Waals surface area contributed by atoms with Crippen molar-refractivity contribution in [2.45, 2.75) is 44.3 Å². The first-order valence-corrected chi connectivity index (χ1v) is 21.7. The van der Waals surface area contributed by atoms with Crippen molar-refractivity contribution in [3.8, 4) is 33.4 Å². The van der Waals surface area contributed by atoms with Crippen molar-refractivity contribution in [3.63, 3.8) is 0 Å². The summed E-state index contributed by atoms with van der Waals surface area (Å²) in [7, 11) is -0.413. The zero-order valence-corrected chi connectivity index (χ0v) is 34.9. The van der Waals surface area contributed by atoms with Crippen molar-refractivity contribution in [2.75, 3.05) is 4.90 Å². The first-order chi connectivity index (χ1) is 29.2. The molecule has 1 fully saturated rings.